The van der Waals surface area contributed by atoms with Gasteiger partial charge in [0.25, 0.3) is 5.56 Å². The van der Waals surface area contributed by atoms with Gasteiger partial charge in [-0.15, -0.1) is 0 Å². The van der Waals surface area contributed by atoms with Crippen LogP contribution >= 0.6 is 0 Å². The van der Waals surface area contributed by atoms with Gasteiger partial charge in [0.05, 0.1) is 11.6 Å². The number of benzene rings is 2. The molecule has 3 aromatic rings. The van der Waals surface area contributed by atoms with E-state index in [1.807, 2.05) is 42.5 Å². The third-order valence-electron chi connectivity index (χ3n) is 5.57. The van der Waals surface area contributed by atoms with Crippen molar-refractivity contribution in [3.05, 3.63) is 76.7 Å². The summed E-state index contributed by atoms with van der Waals surface area (Å²) in [6.45, 7) is 1.43. The Morgan fingerprint density at radius 1 is 1.00 bits per heavy atom. The Bertz CT molecular complexity index is 1100. The van der Waals surface area contributed by atoms with Gasteiger partial charge < -0.3 is 10.2 Å². The van der Waals surface area contributed by atoms with Gasteiger partial charge in [0.15, 0.2) is 0 Å². The molecule has 7 nitrogen and oxygen atoms in total. The van der Waals surface area contributed by atoms with Crippen LogP contribution in [0.1, 0.15) is 18.4 Å². The maximum Gasteiger partial charge on any atom is 0.275 e. The molecule has 0 bridgehead atoms. The van der Waals surface area contributed by atoms with Gasteiger partial charge in [-0.1, -0.05) is 48.5 Å². The Hall–Kier alpha value is -3.48. The van der Waals surface area contributed by atoms with Gasteiger partial charge >= 0.3 is 0 Å². The normalized spacial score (nSPS) is 14.6. The molecule has 0 atom stereocenters. The second-order valence-electron chi connectivity index (χ2n) is 7.55. The molecule has 1 aliphatic heterocycles. The highest BCUT2D eigenvalue weighted by atomic mass is 16.2. The van der Waals surface area contributed by atoms with E-state index in [-0.39, 0.29) is 29.8 Å². The number of amides is 2. The molecule has 7 heteroatoms. The molecule has 1 saturated heterocycles. The van der Waals surface area contributed by atoms with Gasteiger partial charge in [-0.2, -0.15) is 5.10 Å². The summed E-state index contributed by atoms with van der Waals surface area (Å²) in [6, 6.07) is 17.0. The van der Waals surface area contributed by atoms with Gasteiger partial charge in [-0.3, -0.25) is 14.4 Å². The van der Waals surface area contributed by atoms with Crippen molar-refractivity contribution in [2.45, 2.75) is 25.9 Å². The molecule has 0 aliphatic carbocycles. The predicted octanol–water partition coefficient (Wildman–Crippen LogP) is 1.95. The fraction of sp³-hybridized carbons (Fsp3) is 0.304. The average Bonchev–Trinajstić information content (AvgIpc) is 2.80. The van der Waals surface area contributed by atoms with Crippen molar-refractivity contribution in [2.75, 3.05) is 13.1 Å². The Morgan fingerprint density at radius 2 is 1.70 bits per heavy atom. The van der Waals surface area contributed by atoms with Crippen molar-refractivity contribution in [2.24, 2.45) is 5.92 Å². The number of likely N-dealkylation sites (tertiary alicyclic amines) is 1. The minimum Gasteiger partial charge on any atom is -0.352 e. The summed E-state index contributed by atoms with van der Waals surface area (Å²) >= 11 is 0. The number of piperidine rings is 1. The van der Waals surface area contributed by atoms with Crippen LogP contribution in [0.2, 0.25) is 0 Å². The fourth-order valence-electron chi connectivity index (χ4n) is 3.79. The van der Waals surface area contributed by atoms with E-state index in [0.29, 0.717) is 37.9 Å². The molecule has 0 unspecified atom stereocenters. The first-order valence-electron chi connectivity index (χ1n) is 10.2. The minimum atomic E-state index is -0.267. The summed E-state index contributed by atoms with van der Waals surface area (Å²) in [6.07, 6.45) is 2.84. The van der Waals surface area contributed by atoms with Gasteiger partial charge in [-0.05, 0) is 24.5 Å². The van der Waals surface area contributed by atoms with E-state index in [4.69, 9.17) is 0 Å². The highest BCUT2D eigenvalue weighted by Gasteiger charge is 2.27. The minimum absolute atomic E-state index is 0.0263. The van der Waals surface area contributed by atoms with Crippen molar-refractivity contribution >= 4 is 22.6 Å². The van der Waals surface area contributed by atoms with E-state index >= 15 is 0 Å². The molecule has 1 aromatic heterocycles. The quantitative estimate of drug-likeness (QED) is 0.705. The first-order chi connectivity index (χ1) is 14.6. The van der Waals surface area contributed by atoms with Gasteiger partial charge in [0, 0.05) is 30.9 Å². The van der Waals surface area contributed by atoms with Crippen LogP contribution in [0.3, 0.4) is 0 Å². The predicted molar refractivity (Wildman–Crippen MR) is 114 cm³/mol. The molecular formula is C23H24N4O3. The summed E-state index contributed by atoms with van der Waals surface area (Å²) in [5, 5.41) is 8.42. The molecule has 0 saturated carbocycles. The summed E-state index contributed by atoms with van der Waals surface area (Å²) < 4.78 is 1.21. The van der Waals surface area contributed by atoms with E-state index in [1.165, 1.54) is 4.68 Å². The first kappa shape index (κ1) is 19.8. The van der Waals surface area contributed by atoms with Crippen LogP contribution < -0.4 is 10.9 Å². The zero-order chi connectivity index (χ0) is 20.9. The molecular weight excluding hydrogens is 380 g/mol. The summed E-state index contributed by atoms with van der Waals surface area (Å²) in [7, 11) is 0. The standard InChI is InChI=1S/C23H24N4O3/c28-21(16-27-23(30)20-9-5-4-8-19(20)15-25-27)26-12-10-18(11-13-26)22(29)24-14-17-6-2-1-3-7-17/h1-9,15,18H,10-14,16H2,(H,24,29). The number of hydrogen-bond donors (Lipinski definition) is 1. The van der Waals surface area contributed by atoms with E-state index < -0.39 is 0 Å². The van der Waals surface area contributed by atoms with Crippen molar-refractivity contribution in [1.82, 2.24) is 20.0 Å². The molecule has 154 valence electrons. The fourth-order valence-corrected chi connectivity index (χ4v) is 3.79. The van der Waals surface area contributed by atoms with Crippen molar-refractivity contribution in [3.63, 3.8) is 0 Å². The zero-order valence-corrected chi connectivity index (χ0v) is 16.7. The van der Waals surface area contributed by atoms with Crippen LogP contribution in [0.5, 0.6) is 0 Å². The number of carbonyl (C=O) groups excluding carboxylic acids is 2. The number of carbonyl (C=O) groups is 2. The average molecular weight is 404 g/mol. The van der Waals surface area contributed by atoms with Gasteiger partial charge in [0.2, 0.25) is 11.8 Å². The zero-order valence-electron chi connectivity index (χ0n) is 16.7. The van der Waals surface area contributed by atoms with Crippen LogP contribution in [0.25, 0.3) is 10.8 Å². The lowest BCUT2D eigenvalue weighted by molar-refractivity contribution is -0.136. The molecule has 1 fully saturated rings. The number of nitrogens with one attached hydrogen (secondary N) is 1. The Morgan fingerprint density at radius 3 is 2.47 bits per heavy atom. The summed E-state index contributed by atoms with van der Waals surface area (Å²) in [4.78, 5) is 39.4. The van der Waals surface area contributed by atoms with Crippen LogP contribution in [0.4, 0.5) is 0 Å². The lowest BCUT2D eigenvalue weighted by Crippen LogP contribution is -2.45. The summed E-state index contributed by atoms with van der Waals surface area (Å²) in [5.41, 5.74) is 0.795. The highest BCUT2D eigenvalue weighted by molar-refractivity contribution is 5.82. The second kappa shape index (κ2) is 8.90. The number of hydrogen-bond acceptors (Lipinski definition) is 4. The topological polar surface area (TPSA) is 84.3 Å². The van der Waals surface area contributed by atoms with Crippen LogP contribution in [0.15, 0.2) is 65.6 Å². The van der Waals surface area contributed by atoms with E-state index in [0.717, 1.165) is 10.9 Å². The SMILES string of the molecule is O=C(NCc1ccccc1)C1CCN(C(=O)Cn2ncc3ccccc3c2=O)CC1. The molecule has 2 amide bonds. The van der Waals surface area contributed by atoms with Crippen molar-refractivity contribution in [3.8, 4) is 0 Å². The van der Waals surface area contributed by atoms with Crippen molar-refractivity contribution in [1.29, 1.82) is 0 Å². The molecule has 1 aliphatic rings. The number of rotatable bonds is 5. The van der Waals surface area contributed by atoms with Gasteiger partial charge in [0.1, 0.15) is 6.54 Å². The Labute approximate surface area is 174 Å². The molecule has 0 spiro atoms. The molecule has 0 radical (unpaired) electrons. The summed E-state index contributed by atoms with van der Waals surface area (Å²) in [5.74, 6) is -0.222. The number of fused-ring (bicyclic) bond motifs is 1. The molecule has 2 heterocycles. The van der Waals surface area contributed by atoms with Gasteiger partial charge in [-0.25, -0.2) is 4.68 Å². The Balaban J connectivity index is 1.31. The maximum atomic E-state index is 12.7. The lowest BCUT2D eigenvalue weighted by Gasteiger charge is -2.31. The third-order valence-corrected chi connectivity index (χ3v) is 5.57. The molecule has 4 rings (SSSR count). The second-order valence-corrected chi connectivity index (χ2v) is 7.55. The third kappa shape index (κ3) is 4.40. The molecule has 30 heavy (non-hydrogen) atoms. The smallest absolute Gasteiger partial charge is 0.275 e. The largest absolute Gasteiger partial charge is 0.352 e. The van der Waals surface area contributed by atoms with Crippen molar-refractivity contribution < 1.29 is 9.59 Å². The monoisotopic (exact) mass is 404 g/mol. The number of aromatic nitrogens is 2. The van der Waals surface area contributed by atoms with E-state index in [9.17, 15) is 14.4 Å². The van der Waals surface area contributed by atoms with E-state index in [1.54, 1.807) is 23.2 Å². The van der Waals surface area contributed by atoms with E-state index in [2.05, 4.69) is 10.4 Å². The molecule has 2 aromatic carbocycles. The highest BCUT2D eigenvalue weighted by Crippen LogP contribution is 2.18. The number of nitrogens with zero attached hydrogens (tertiary/aromatic N) is 3. The first-order valence-corrected chi connectivity index (χ1v) is 10.2. The van der Waals surface area contributed by atoms with Crippen LogP contribution in [-0.2, 0) is 22.7 Å². The Kier molecular flexibility index (Phi) is 5.88. The van der Waals surface area contributed by atoms with Crippen LogP contribution in [-0.4, -0.2) is 39.6 Å². The van der Waals surface area contributed by atoms with Crippen LogP contribution in [0, 0.1) is 5.92 Å². The maximum absolute atomic E-state index is 12.7. The lowest BCUT2D eigenvalue weighted by atomic mass is 9.95. The molecule has 1 N–H and O–H groups in total.